The second-order valence-corrected chi connectivity index (χ2v) is 4.30. The molecule has 6 heteroatoms. The lowest BCUT2D eigenvalue weighted by molar-refractivity contribution is 0.288. The summed E-state index contributed by atoms with van der Waals surface area (Å²) in [7, 11) is 3.75. The maximum absolute atomic E-state index is 6.15. The molecule has 2 rings (SSSR count). The van der Waals surface area contributed by atoms with E-state index in [2.05, 4.69) is 15.5 Å². The maximum Gasteiger partial charge on any atom is 0.170 e. The molecule has 2 aromatic rings. The van der Waals surface area contributed by atoms with Crippen molar-refractivity contribution in [3.05, 3.63) is 40.9 Å². The number of benzene rings is 1. The molecule has 0 aliphatic rings. The fourth-order valence-corrected chi connectivity index (χ4v) is 1.84. The molecule has 0 unspecified atom stereocenters. The lowest BCUT2D eigenvalue weighted by Gasteiger charge is -2.12. The fourth-order valence-electron chi connectivity index (χ4n) is 1.60. The Morgan fingerprint density at radius 1 is 1.44 bits per heavy atom. The van der Waals surface area contributed by atoms with Gasteiger partial charge in [0.2, 0.25) is 0 Å². The molecule has 1 aromatic carbocycles. The average molecular weight is 267 g/mol. The Balaban J connectivity index is 2.14. The van der Waals surface area contributed by atoms with Crippen LogP contribution in [0, 0.1) is 0 Å². The molecular formula is C12H15ClN4O. The van der Waals surface area contributed by atoms with Gasteiger partial charge in [-0.2, -0.15) is 0 Å². The Bertz CT molecular complexity index is 527. The van der Waals surface area contributed by atoms with Crippen LogP contribution in [0.4, 0.5) is 0 Å². The Hall–Kier alpha value is -1.59. The van der Waals surface area contributed by atoms with Gasteiger partial charge in [0.1, 0.15) is 18.7 Å². The molecule has 5 nitrogen and oxygen atoms in total. The van der Waals surface area contributed by atoms with Crippen LogP contribution < -0.4 is 10.1 Å². The Kier molecular flexibility index (Phi) is 4.17. The summed E-state index contributed by atoms with van der Waals surface area (Å²) in [6.07, 6.45) is 1.64. The van der Waals surface area contributed by atoms with Gasteiger partial charge in [0.25, 0.3) is 0 Å². The number of ether oxygens (including phenoxy) is 1. The Morgan fingerprint density at radius 2 is 2.28 bits per heavy atom. The first-order valence-electron chi connectivity index (χ1n) is 5.60. The van der Waals surface area contributed by atoms with E-state index in [1.807, 2.05) is 36.9 Å². The third-order valence-corrected chi connectivity index (χ3v) is 2.95. The highest BCUT2D eigenvalue weighted by molar-refractivity contribution is 6.31. The number of hydrogen-bond acceptors (Lipinski definition) is 4. The van der Waals surface area contributed by atoms with Crippen molar-refractivity contribution in [3.63, 3.8) is 0 Å². The number of halogens is 1. The van der Waals surface area contributed by atoms with E-state index >= 15 is 0 Å². The zero-order valence-electron chi connectivity index (χ0n) is 10.4. The van der Waals surface area contributed by atoms with E-state index in [0.717, 1.165) is 17.1 Å². The predicted octanol–water partition coefficient (Wildman–Crippen LogP) is 1.77. The summed E-state index contributed by atoms with van der Waals surface area (Å²) in [5.74, 6) is 1.53. The van der Waals surface area contributed by atoms with Crippen molar-refractivity contribution in [1.29, 1.82) is 0 Å². The summed E-state index contributed by atoms with van der Waals surface area (Å²) in [6.45, 7) is 1.03. The highest BCUT2D eigenvalue weighted by Crippen LogP contribution is 2.26. The van der Waals surface area contributed by atoms with Crippen molar-refractivity contribution in [1.82, 2.24) is 20.1 Å². The summed E-state index contributed by atoms with van der Waals surface area (Å²) in [6, 6.07) is 5.62. The SMILES string of the molecule is CNCc1c(Cl)cccc1OCc1nncn1C. The Morgan fingerprint density at radius 3 is 2.94 bits per heavy atom. The smallest absolute Gasteiger partial charge is 0.170 e. The van der Waals surface area contributed by atoms with E-state index < -0.39 is 0 Å². The van der Waals surface area contributed by atoms with Crippen LogP contribution >= 0.6 is 11.6 Å². The van der Waals surface area contributed by atoms with Gasteiger partial charge in [-0.15, -0.1) is 10.2 Å². The molecule has 0 amide bonds. The van der Waals surface area contributed by atoms with Crippen LogP contribution in [0.3, 0.4) is 0 Å². The number of aryl methyl sites for hydroxylation is 1. The second kappa shape index (κ2) is 5.84. The van der Waals surface area contributed by atoms with Crippen LogP contribution in [0.5, 0.6) is 5.75 Å². The zero-order valence-corrected chi connectivity index (χ0v) is 11.1. The minimum atomic E-state index is 0.369. The van der Waals surface area contributed by atoms with E-state index in [4.69, 9.17) is 16.3 Å². The summed E-state index contributed by atoms with van der Waals surface area (Å²) >= 11 is 6.15. The quantitative estimate of drug-likeness (QED) is 0.896. The first kappa shape index (κ1) is 12.9. The molecule has 0 radical (unpaired) electrons. The van der Waals surface area contributed by atoms with Gasteiger partial charge < -0.3 is 14.6 Å². The van der Waals surface area contributed by atoms with Gasteiger partial charge in [-0.25, -0.2) is 0 Å². The van der Waals surface area contributed by atoms with Gasteiger partial charge in [-0.3, -0.25) is 0 Å². The second-order valence-electron chi connectivity index (χ2n) is 3.89. The van der Waals surface area contributed by atoms with Gasteiger partial charge in [0.05, 0.1) is 0 Å². The van der Waals surface area contributed by atoms with E-state index in [0.29, 0.717) is 18.2 Å². The molecule has 1 heterocycles. The van der Waals surface area contributed by atoms with Crippen LogP contribution in [0.1, 0.15) is 11.4 Å². The Labute approximate surface area is 111 Å². The van der Waals surface area contributed by atoms with Crippen molar-refractivity contribution in [2.24, 2.45) is 7.05 Å². The van der Waals surface area contributed by atoms with Crippen LogP contribution in [-0.2, 0) is 20.2 Å². The molecule has 96 valence electrons. The standard InChI is InChI=1S/C12H15ClN4O/c1-14-6-9-10(13)4-3-5-11(9)18-7-12-16-15-8-17(12)2/h3-5,8,14H,6-7H2,1-2H3. The zero-order chi connectivity index (χ0) is 13.0. The van der Waals surface area contributed by atoms with E-state index in [1.54, 1.807) is 6.33 Å². The molecule has 0 fully saturated rings. The van der Waals surface area contributed by atoms with Crippen molar-refractivity contribution in [3.8, 4) is 5.75 Å². The van der Waals surface area contributed by atoms with E-state index in [1.165, 1.54) is 0 Å². The third-order valence-electron chi connectivity index (χ3n) is 2.59. The largest absolute Gasteiger partial charge is 0.485 e. The topological polar surface area (TPSA) is 52.0 Å². The molecule has 0 saturated carbocycles. The number of rotatable bonds is 5. The molecule has 0 saturated heterocycles. The van der Waals surface area contributed by atoms with Gasteiger partial charge >= 0.3 is 0 Å². The molecule has 1 aromatic heterocycles. The molecule has 0 spiro atoms. The molecule has 0 bridgehead atoms. The lowest BCUT2D eigenvalue weighted by atomic mass is 10.2. The maximum atomic E-state index is 6.15. The average Bonchev–Trinajstić information content (AvgIpc) is 2.76. The van der Waals surface area contributed by atoms with Gasteiger partial charge in [-0.05, 0) is 19.2 Å². The normalized spacial score (nSPS) is 10.6. The summed E-state index contributed by atoms with van der Waals surface area (Å²) < 4.78 is 7.57. The minimum Gasteiger partial charge on any atom is -0.485 e. The highest BCUT2D eigenvalue weighted by Gasteiger charge is 2.09. The first-order chi connectivity index (χ1) is 8.72. The van der Waals surface area contributed by atoms with Crippen LogP contribution in [0.15, 0.2) is 24.5 Å². The van der Waals surface area contributed by atoms with Crippen LogP contribution in [0.25, 0.3) is 0 Å². The first-order valence-corrected chi connectivity index (χ1v) is 5.98. The molecule has 18 heavy (non-hydrogen) atoms. The minimum absolute atomic E-state index is 0.369. The van der Waals surface area contributed by atoms with Crippen molar-refractivity contribution in [2.45, 2.75) is 13.2 Å². The monoisotopic (exact) mass is 266 g/mol. The van der Waals surface area contributed by atoms with Crippen molar-refractivity contribution < 1.29 is 4.74 Å². The third kappa shape index (κ3) is 2.80. The van der Waals surface area contributed by atoms with Crippen LogP contribution in [0.2, 0.25) is 5.02 Å². The number of nitrogens with one attached hydrogen (secondary N) is 1. The van der Waals surface area contributed by atoms with Gasteiger partial charge in [0, 0.05) is 24.2 Å². The number of aromatic nitrogens is 3. The van der Waals surface area contributed by atoms with Crippen molar-refractivity contribution >= 4 is 11.6 Å². The van der Waals surface area contributed by atoms with E-state index in [-0.39, 0.29) is 0 Å². The van der Waals surface area contributed by atoms with Gasteiger partial charge in [-0.1, -0.05) is 17.7 Å². The summed E-state index contributed by atoms with van der Waals surface area (Å²) in [5.41, 5.74) is 0.948. The number of hydrogen-bond donors (Lipinski definition) is 1. The predicted molar refractivity (Wildman–Crippen MR) is 69.6 cm³/mol. The molecular weight excluding hydrogens is 252 g/mol. The summed E-state index contributed by atoms with van der Waals surface area (Å²) in [5, 5.41) is 11.5. The molecule has 1 N–H and O–H groups in total. The van der Waals surface area contributed by atoms with Crippen LogP contribution in [-0.4, -0.2) is 21.8 Å². The fraction of sp³-hybridized carbons (Fsp3) is 0.333. The summed E-state index contributed by atoms with van der Waals surface area (Å²) in [4.78, 5) is 0. The van der Waals surface area contributed by atoms with Gasteiger partial charge in [0.15, 0.2) is 5.82 Å². The van der Waals surface area contributed by atoms with Crippen molar-refractivity contribution in [2.75, 3.05) is 7.05 Å². The lowest BCUT2D eigenvalue weighted by Crippen LogP contribution is -2.09. The number of nitrogens with zero attached hydrogens (tertiary/aromatic N) is 3. The van der Waals surface area contributed by atoms with E-state index in [9.17, 15) is 0 Å². The molecule has 0 aliphatic heterocycles. The highest BCUT2D eigenvalue weighted by atomic mass is 35.5. The molecule has 0 aliphatic carbocycles. The molecule has 0 atom stereocenters.